The number of anilines is 1. The van der Waals surface area contributed by atoms with Crippen molar-refractivity contribution in [2.24, 2.45) is 0 Å². The number of likely N-dealkylation sites (tertiary alicyclic amines) is 1. The van der Waals surface area contributed by atoms with Crippen molar-refractivity contribution in [2.75, 3.05) is 45.1 Å². The number of ether oxygens (including phenoxy) is 2. The molecule has 2 saturated heterocycles. The molecule has 0 radical (unpaired) electrons. The summed E-state index contributed by atoms with van der Waals surface area (Å²) in [5.74, 6) is 0.139. The maximum atomic E-state index is 13.3. The zero-order valence-electron chi connectivity index (χ0n) is 19.7. The van der Waals surface area contributed by atoms with E-state index in [0.717, 1.165) is 25.7 Å². The number of carbonyl (C=O) groups is 1. The summed E-state index contributed by atoms with van der Waals surface area (Å²) in [4.78, 5) is 14.5. The van der Waals surface area contributed by atoms with Crippen LogP contribution in [0.2, 0.25) is 0 Å². The monoisotopic (exact) mass is 523 g/mol. The van der Waals surface area contributed by atoms with Crippen LogP contribution in [0.4, 0.5) is 5.69 Å². The number of amides is 1. The van der Waals surface area contributed by atoms with Gasteiger partial charge in [0.15, 0.2) is 0 Å². The molecule has 10 nitrogen and oxygen atoms in total. The van der Waals surface area contributed by atoms with E-state index in [1.807, 2.05) is 0 Å². The van der Waals surface area contributed by atoms with Gasteiger partial charge in [0, 0.05) is 26.2 Å². The van der Waals surface area contributed by atoms with E-state index in [9.17, 15) is 21.6 Å². The second kappa shape index (κ2) is 10.0. The van der Waals surface area contributed by atoms with Crippen molar-refractivity contribution in [1.29, 1.82) is 0 Å². The van der Waals surface area contributed by atoms with Crippen LogP contribution in [0.1, 0.15) is 36.0 Å². The summed E-state index contributed by atoms with van der Waals surface area (Å²) in [5, 5.41) is 0. The molecule has 12 heteroatoms. The molecule has 35 heavy (non-hydrogen) atoms. The average Bonchev–Trinajstić information content (AvgIpc) is 3.58. The van der Waals surface area contributed by atoms with Gasteiger partial charge in [-0.25, -0.2) is 16.8 Å². The van der Waals surface area contributed by atoms with Crippen LogP contribution in [0.3, 0.4) is 0 Å². The van der Waals surface area contributed by atoms with Crippen molar-refractivity contribution >= 4 is 31.6 Å². The van der Waals surface area contributed by atoms with Gasteiger partial charge >= 0.3 is 0 Å². The number of benzene rings is 2. The fourth-order valence-corrected chi connectivity index (χ4v) is 6.95. The van der Waals surface area contributed by atoms with E-state index in [2.05, 4.69) is 4.72 Å². The van der Waals surface area contributed by atoms with Gasteiger partial charge in [0.1, 0.15) is 11.5 Å². The minimum Gasteiger partial charge on any atom is -0.496 e. The molecule has 0 bridgehead atoms. The summed E-state index contributed by atoms with van der Waals surface area (Å²) < 4.78 is 66.9. The molecule has 0 saturated carbocycles. The molecule has 1 amide bonds. The van der Waals surface area contributed by atoms with Gasteiger partial charge in [-0.05, 0) is 62.1 Å². The van der Waals surface area contributed by atoms with E-state index < -0.39 is 20.0 Å². The highest BCUT2D eigenvalue weighted by molar-refractivity contribution is 7.92. The first-order valence-electron chi connectivity index (χ1n) is 11.4. The molecule has 2 aromatic carbocycles. The Bertz CT molecular complexity index is 1310. The standard InChI is InChI=1S/C23H29N3O7S2/c1-32-21-9-7-17(15-19(21)23(27)25-11-3-4-12-25)34(28,29)24-20-16-18(8-10-22(20)33-2)35(30,31)26-13-5-6-14-26/h7-10,15-16,24H,3-6,11-14H2,1-2H3. The highest BCUT2D eigenvalue weighted by Gasteiger charge is 2.29. The molecule has 0 spiro atoms. The van der Waals surface area contributed by atoms with Crippen molar-refractivity contribution < 1.29 is 31.1 Å². The van der Waals surface area contributed by atoms with Crippen molar-refractivity contribution in [3.05, 3.63) is 42.0 Å². The summed E-state index contributed by atoms with van der Waals surface area (Å²) in [6.45, 7) is 2.06. The van der Waals surface area contributed by atoms with Crippen LogP contribution in [0.15, 0.2) is 46.2 Å². The molecule has 0 unspecified atom stereocenters. The highest BCUT2D eigenvalue weighted by atomic mass is 32.2. The highest BCUT2D eigenvalue weighted by Crippen LogP contribution is 2.33. The van der Waals surface area contributed by atoms with Crippen LogP contribution in [0.5, 0.6) is 11.5 Å². The van der Waals surface area contributed by atoms with Crippen LogP contribution in [0, 0.1) is 0 Å². The molecule has 2 aromatic rings. The van der Waals surface area contributed by atoms with Crippen LogP contribution in [-0.2, 0) is 20.0 Å². The first kappa shape index (κ1) is 25.3. The van der Waals surface area contributed by atoms with E-state index in [0.29, 0.717) is 26.2 Å². The maximum Gasteiger partial charge on any atom is 0.262 e. The smallest absolute Gasteiger partial charge is 0.262 e. The van der Waals surface area contributed by atoms with Crippen molar-refractivity contribution in [2.45, 2.75) is 35.5 Å². The SMILES string of the molecule is COc1ccc(S(=O)(=O)N2CCCC2)cc1NS(=O)(=O)c1ccc(OC)c(C(=O)N2CCCC2)c1. The zero-order chi connectivity index (χ0) is 25.2. The molecule has 2 aliphatic rings. The predicted molar refractivity (Wildman–Crippen MR) is 130 cm³/mol. The molecule has 2 fully saturated rings. The summed E-state index contributed by atoms with van der Waals surface area (Å²) in [6.07, 6.45) is 3.35. The fraction of sp³-hybridized carbons (Fsp3) is 0.435. The third-order valence-corrected chi connectivity index (χ3v) is 9.48. The Labute approximate surface area is 205 Å². The number of rotatable bonds is 8. The number of nitrogens with one attached hydrogen (secondary N) is 1. The van der Waals surface area contributed by atoms with Gasteiger partial charge in [-0.2, -0.15) is 4.31 Å². The Hall–Kier alpha value is -2.83. The molecule has 0 aromatic heterocycles. The lowest BCUT2D eigenvalue weighted by Gasteiger charge is -2.19. The van der Waals surface area contributed by atoms with E-state index in [1.54, 1.807) is 4.90 Å². The Morgan fingerprint density at radius 2 is 1.37 bits per heavy atom. The van der Waals surface area contributed by atoms with E-state index in [1.165, 1.54) is 54.9 Å². The number of carbonyl (C=O) groups excluding carboxylic acids is 1. The molecule has 2 aliphatic heterocycles. The second-order valence-electron chi connectivity index (χ2n) is 8.44. The zero-order valence-corrected chi connectivity index (χ0v) is 21.3. The van der Waals surface area contributed by atoms with Gasteiger partial charge in [0.2, 0.25) is 10.0 Å². The fourth-order valence-electron chi connectivity index (χ4n) is 4.32. The third-order valence-electron chi connectivity index (χ3n) is 6.22. The topological polar surface area (TPSA) is 122 Å². The van der Waals surface area contributed by atoms with Gasteiger partial charge < -0.3 is 14.4 Å². The Kier molecular flexibility index (Phi) is 7.25. The molecule has 1 N–H and O–H groups in total. The van der Waals surface area contributed by atoms with Gasteiger partial charge in [0.25, 0.3) is 15.9 Å². The van der Waals surface area contributed by atoms with Crippen molar-refractivity contribution in [1.82, 2.24) is 9.21 Å². The number of hydrogen-bond acceptors (Lipinski definition) is 7. The Balaban J connectivity index is 1.68. The quantitative estimate of drug-likeness (QED) is 0.564. The minimum atomic E-state index is -4.20. The first-order valence-corrected chi connectivity index (χ1v) is 14.3. The van der Waals surface area contributed by atoms with Gasteiger partial charge in [-0.1, -0.05) is 0 Å². The molecular formula is C23H29N3O7S2. The largest absolute Gasteiger partial charge is 0.496 e. The number of sulfonamides is 2. The molecular weight excluding hydrogens is 494 g/mol. The Morgan fingerprint density at radius 3 is 2.00 bits per heavy atom. The maximum absolute atomic E-state index is 13.3. The van der Waals surface area contributed by atoms with E-state index in [-0.39, 0.29) is 38.4 Å². The second-order valence-corrected chi connectivity index (χ2v) is 12.1. The molecule has 0 atom stereocenters. The number of nitrogens with zero attached hydrogens (tertiary/aromatic N) is 2. The normalized spacial score (nSPS) is 16.9. The average molecular weight is 524 g/mol. The van der Waals surface area contributed by atoms with Gasteiger partial charge in [-0.3, -0.25) is 9.52 Å². The van der Waals surface area contributed by atoms with Gasteiger partial charge in [-0.15, -0.1) is 0 Å². The Morgan fingerprint density at radius 1 is 0.800 bits per heavy atom. The first-order chi connectivity index (χ1) is 16.7. The lowest BCUT2D eigenvalue weighted by atomic mass is 10.1. The predicted octanol–water partition coefficient (Wildman–Crippen LogP) is 2.53. The van der Waals surface area contributed by atoms with Crippen LogP contribution in [-0.4, -0.2) is 72.3 Å². The van der Waals surface area contributed by atoms with Crippen LogP contribution >= 0.6 is 0 Å². The van der Waals surface area contributed by atoms with E-state index in [4.69, 9.17) is 9.47 Å². The number of hydrogen-bond donors (Lipinski definition) is 1. The number of methoxy groups -OCH3 is 2. The van der Waals surface area contributed by atoms with Crippen LogP contribution < -0.4 is 14.2 Å². The minimum absolute atomic E-state index is 0.0176. The third kappa shape index (κ3) is 5.09. The summed E-state index contributed by atoms with van der Waals surface area (Å²) in [6, 6.07) is 8.10. The summed E-state index contributed by atoms with van der Waals surface area (Å²) in [7, 11) is -5.18. The molecule has 4 rings (SSSR count). The molecule has 190 valence electrons. The van der Waals surface area contributed by atoms with Crippen LogP contribution in [0.25, 0.3) is 0 Å². The van der Waals surface area contributed by atoms with E-state index >= 15 is 0 Å². The van der Waals surface area contributed by atoms with Crippen molar-refractivity contribution in [3.8, 4) is 11.5 Å². The van der Waals surface area contributed by atoms with Gasteiger partial charge in [0.05, 0.1) is 35.3 Å². The lowest BCUT2D eigenvalue weighted by Crippen LogP contribution is -2.28. The molecule has 0 aliphatic carbocycles. The summed E-state index contributed by atoms with van der Waals surface area (Å²) >= 11 is 0. The summed E-state index contributed by atoms with van der Waals surface area (Å²) in [5.41, 5.74) is 0.130. The molecule has 2 heterocycles. The van der Waals surface area contributed by atoms with Crippen molar-refractivity contribution in [3.63, 3.8) is 0 Å². The lowest BCUT2D eigenvalue weighted by molar-refractivity contribution is 0.0789.